The Kier molecular flexibility index (Phi) is 8.58. The molecule has 2 aliphatic heterocycles. The summed E-state index contributed by atoms with van der Waals surface area (Å²) in [6.07, 6.45) is 0. The molecule has 0 unspecified atom stereocenters. The maximum absolute atomic E-state index is 13.4. The first-order chi connectivity index (χ1) is 18.2. The lowest BCUT2D eigenvalue weighted by molar-refractivity contribution is -0.140. The van der Waals surface area contributed by atoms with E-state index < -0.39 is 17.7 Å². The van der Waals surface area contributed by atoms with Gasteiger partial charge in [0, 0.05) is 31.7 Å². The molecule has 1 amide bonds. The topological polar surface area (TPSA) is 109 Å². The monoisotopic (exact) mass is 524 g/mol. The van der Waals surface area contributed by atoms with Crippen LogP contribution < -0.4 is 9.47 Å². The van der Waals surface area contributed by atoms with Crippen molar-refractivity contribution in [1.82, 2.24) is 9.80 Å². The van der Waals surface area contributed by atoms with Gasteiger partial charge in [0.05, 0.1) is 38.5 Å². The third-order valence-electron chi connectivity index (χ3n) is 6.86. The van der Waals surface area contributed by atoms with E-state index >= 15 is 0 Å². The molecule has 2 fully saturated rings. The lowest BCUT2D eigenvalue weighted by atomic mass is 9.93. The number of aryl methyl sites for hydroxylation is 1. The molecule has 2 aromatic rings. The molecule has 2 aliphatic rings. The van der Waals surface area contributed by atoms with Crippen LogP contribution in [0, 0.1) is 12.8 Å². The summed E-state index contributed by atoms with van der Waals surface area (Å²) in [7, 11) is 1.43. The van der Waals surface area contributed by atoms with Crippen LogP contribution in [0.5, 0.6) is 17.2 Å². The predicted molar refractivity (Wildman–Crippen MR) is 142 cm³/mol. The maximum Gasteiger partial charge on any atom is 0.295 e. The van der Waals surface area contributed by atoms with Gasteiger partial charge >= 0.3 is 0 Å². The molecule has 2 saturated heterocycles. The number of morpholine rings is 1. The Hall–Kier alpha value is -3.56. The SMILES string of the molecule is COc1cc([C@@H]2/C(=C(\O)c3ccc(OCC(C)C)cc3C)C(=O)C(=O)N2CCN2CCOCC2)ccc1O. The van der Waals surface area contributed by atoms with Gasteiger partial charge in [0.2, 0.25) is 0 Å². The summed E-state index contributed by atoms with van der Waals surface area (Å²) in [5, 5.41) is 21.6. The summed E-state index contributed by atoms with van der Waals surface area (Å²) in [4.78, 5) is 30.4. The second-order valence-electron chi connectivity index (χ2n) is 10.1. The Bertz CT molecular complexity index is 1220. The number of benzene rings is 2. The van der Waals surface area contributed by atoms with Gasteiger partial charge in [-0.15, -0.1) is 0 Å². The van der Waals surface area contributed by atoms with E-state index in [-0.39, 0.29) is 29.4 Å². The number of phenolic OH excluding ortho intramolecular Hbond substituents is 1. The highest BCUT2D eigenvalue weighted by atomic mass is 16.5. The number of methoxy groups -OCH3 is 1. The zero-order valence-electron chi connectivity index (χ0n) is 22.4. The zero-order chi connectivity index (χ0) is 27.4. The number of hydrogen-bond acceptors (Lipinski definition) is 8. The van der Waals surface area contributed by atoms with Crippen LogP contribution in [0.25, 0.3) is 5.76 Å². The van der Waals surface area contributed by atoms with Crippen molar-refractivity contribution in [2.24, 2.45) is 5.92 Å². The summed E-state index contributed by atoms with van der Waals surface area (Å²) >= 11 is 0. The van der Waals surface area contributed by atoms with Gasteiger partial charge in [-0.25, -0.2) is 0 Å². The normalized spacial score (nSPS) is 19.8. The number of phenols is 1. The molecule has 9 nitrogen and oxygen atoms in total. The number of ether oxygens (including phenoxy) is 3. The number of rotatable bonds is 9. The van der Waals surface area contributed by atoms with Gasteiger partial charge in [0.1, 0.15) is 11.5 Å². The molecule has 9 heteroatoms. The van der Waals surface area contributed by atoms with Crippen molar-refractivity contribution in [3.63, 3.8) is 0 Å². The van der Waals surface area contributed by atoms with Crippen molar-refractivity contribution < 1.29 is 34.0 Å². The fraction of sp³-hybridized carbons (Fsp3) is 0.448. The number of carbonyl (C=O) groups excluding carboxylic acids is 2. The van der Waals surface area contributed by atoms with Gasteiger partial charge in [-0.3, -0.25) is 14.5 Å². The third kappa shape index (κ3) is 5.79. The number of carbonyl (C=O) groups is 2. The number of aliphatic hydroxyl groups excluding tert-OH is 1. The molecule has 0 radical (unpaired) electrons. The Labute approximate surface area is 223 Å². The molecular weight excluding hydrogens is 488 g/mol. The minimum atomic E-state index is -0.846. The van der Waals surface area contributed by atoms with Gasteiger partial charge < -0.3 is 29.3 Å². The molecule has 0 aromatic heterocycles. The number of hydrogen-bond donors (Lipinski definition) is 2. The van der Waals surface area contributed by atoms with Crippen LogP contribution in [0.15, 0.2) is 42.0 Å². The zero-order valence-corrected chi connectivity index (χ0v) is 22.4. The summed E-state index contributed by atoms with van der Waals surface area (Å²) in [5.74, 6) is -0.495. The fourth-order valence-corrected chi connectivity index (χ4v) is 4.80. The molecule has 2 N–H and O–H groups in total. The highest BCUT2D eigenvalue weighted by molar-refractivity contribution is 6.46. The summed E-state index contributed by atoms with van der Waals surface area (Å²) < 4.78 is 16.5. The second-order valence-corrected chi connectivity index (χ2v) is 10.1. The second kappa shape index (κ2) is 11.9. The van der Waals surface area contributed by atoms with Crippen molar-refractivity contribution in [2.45, 2.75) is 26.8 Å². The Balaban J connectivity index is 1.75. The molecule has 2 heterocycles. The number of aliphatic hydroxyl groups is 1. The van der Waals surface area contributed by atoms with Gasteiger partial charge in [-0.2, -0.15) is 0 Å². The number of Topliss-reactive ketones (excluding diaryl/α,β-unsaturated/α-hetero) is 1. The van der Waals surface area contributed by atoms with Gasteiger partial charge in [0.15, 0.2) is 11.5 Å². The van der Waals surface area contributed by atoms with Crippen molar-refractivity contribution >= 4 is 17.4 Å². The average Bonchev–Trinajstić information content (AvgIpc) is 3.16. The Morgan fingerprint density at radius 1 is 1.11 bits per heavy atom. The largest absolute Gasteiger partial charge is 0.507 e. The minimum Gasteiger partial charge on any atom is -0.507 e. The van der Waals surface area contributed by atoms with Gasteiger partial charge in [0.25, 0.3) is 11.7 Å². The Morgan fingerprint density at radius 3 is 2.50 bits per heavy atom. The molecule has 0 spiro atoms. The van der Waals surface area contributed by atoms with E-state index in [4.69, 9.17) is 14.2 Å². The van der Waals surface area contributed by atoms with E-state index in [0.29, 0.717) is 54.7 Å². The van der Waals surface area contributed by atoms with E-state index in [0.717, 1.165) is 13.1 Å². The van der Waals surface area contributed by atoms with Crippen molar-refractivity contribution in [1.29, 1.82) is 0 Å². The lowest BCUT2D eigenvalue weighted by Crippen LogP contribution is -2.42. The van der Waals surface area contributed by atoms with E-state index in [9.17, 15) is 19.8 Å². The van der Waals surface area contributed by atoms with E-state index in [1.807, 2.05) is 13.0 Å². The van der Waals surface area contributed by atoms with E-state index in [2.05, 4.69) is 18.7 Å². The highest BCUT2D eigenvalue weighted by Crippen LogP contribution is 2.42. The molecular formula is C29H36N2O7. The average molecular weight is 525 g/mol. The quantitative estimate of drug-likeness (QED) is 0.292. The predicted octanol–water partition coefficient (Wildman–Crippen LogP) is 3.50. The number of amides is 1. The van der Waals surface area contributed by atoms with Crippen LogP contribution >= 0.6 is 0 Å². The summed E-state index contributed by atoms with van der Waals surface area (Å²) in [6.45, 7) is 10.1. The highest BCUT2D eigenvalue weighted by Gasteiger charge is 2.46. The van der Waals surface area contributed by atoms with Crippen molar-refractivity contribution in [2.75, 3.05) is 53.1 Å². The smallest absolute Gasteiger partial charge is 0.295 e. The van der Waals surface area contributed by atoms with E-state index in [1.54, 1.807) is 24.3 Å². The van der Waals surface area contributed by atoms with Crippen LogP contribution in [-0.4, -0.2) is 84.8 Å². The van der Waals surface area contributed by atoms with Crippen molar-refractivity contribution in [3.05, 3.63) is 58.7 Å². The molecule has 0 bridgehead atoms. The molecule has 0 aliphatic carbocycles. The standard InChI is InChI=1S/C29H36N2O7/c1-18(2)17-38-21-6-7-22(19(3)15-21)27(33)25-26(20-5-8-23(32)24(16-20)36-4)31(29(35)28(25)34)10-9-30-11-13-37-14-12-30/h5-8,15-16,18,26,32-33H,9-14,17H2,1-4H3/b27-25+/t26-/m1/s1. The molecule has 4 rings (SSSR count). The molecule has 0 saturated carbocycles. The third-order valence-corrected chi connectivity index (χ3v) is 6.86. The fourth-order valence-electron chi connectivity index (χ4n) is 4.80. The van der Waals surface area contributed by atoms with Crippen LogP contribution in [-0.2, 0) is 14.3 Å². The first-order valence-corrected chi connectivity index (χ1v) is 12.9. The molecule has 1 atom stereocenters. The maximum atomic E-state index is 13.4. The summed E-state index contributed by atoms with van der Waals surface area (Å²) in [6, 6.07) is 9.11. The molecule has 204 valence electrons. The first-order valence-electron chi connectivity index (χ1n) is 12.9. The first kappa shape index (κ1) is 27.5. The number of nitrogens with zero attached hydrogens (tertiary/aromatic N) is 2. The number of likely N-dealkylation sites (tertiary alicyclic amines) is 1. The van der Waals surface area contributed by atoms with Crippen LogP contribution in [0.4, 0.5) is 0 Å². The lowest BCUT2D eigenvalue weighted by Gasteiger charge is -2.31. The van der Waals surface area contributed by atoms with Crippen molar-refractivity contribution in [3.8, 4) is 17.2 Å². The minimum absolute atomic E-state index is 0.00340. The molecule has 2 aromatic carbocycles. The van der Waals surface area contributed by atoms with Crippen LogP contribution in [0.3, 0.4) is 0 Å². The van der Waals surface area contributed by atoms with Gasteiger partial charge in [-0.1, -0.05) is 19.9 Å². The van der Waals surface area contributed by atoms with Crippen LogP contribution in [0.2, 0.25) is 0 Å². The Morgan fingerprint density at radius 2 is 1.84 bits per heavy atom. The number of aromatic hydroxyl groups is 1. The van der Waals surface area contributed by atoms with E-state index in [1.165, 1.54) is 18.1 Å². The van der Waals surface area contributed by atoms with Crippen LogP contribution in [0.1, 0.15) is 36.6 Å². The number of ketones is 1. The summed E-state index contributed by atoms with van der Waals surface area (Å²) in [5.41, 5.74) is 1.72. The molecule has 38 heavy (non-hydrogen) atoms. The van der Waals surface area contributed by atoms with Gasteiger partial charge in [-0.05, 0) is 54.3 Å².